The minimum atomic E-state index is 0.704. The van der Waals surface area contributed by atoms with Crippen molar-refractivity contribution < 1.29 is 4.74 Å². The first-order valence-electron chi connectivity index (χ1n) is 5.55. The van der Waals surface area contributed by atoms with Crippen LogP contribution in [0.15, 0.2) is 0 Å². The van der Waals surface area contributed by atoms with Gasteiger partial charge in [0, 0.05) is 0 Å². The molecular formula is C11H16O. The predicted octanol–water partition coefficient (Wildman–Crippen LogP) is 2.07. The molecule has 0 aromatic heterocycles. The van der Waals surface area contributed by atoms with E-state index >= 15 is 0 Å². The Morgan fingerprint density at radius 1 is 0.833 bits per heavy atom. The Hall–Kier alpha value is -0.0400. The van der Waals surface area contributed by atoms with Crippen LogP contribution < -0.4 is 0 Å². The van der Waals surface area contributed by atoms with Crippen LogP contribution in [0, 0.1) is 29.6 Å². The Morgan fingerprint density at radius 2 is 1.67 bits per heavy atom. The number of ether oxygens (including phenoxy) is 1. The molecule has 0 N–H and O–H groups in total. The lowest BCUT2D eigenvalue weighted by molar-refractivity contribution is -0.0195. The number of fused-ring (bicyclic) bond motifs is 9. The molecule has 1 heteroatoms. The highest BCUT2D eigenvalue weighted by atomic mass is 16.5. The van der Waals surface area contributed by atoms with Gasteiger partial charge in [-0.15, -0.1) is 0 Å². The topological polar surface area (TPSA) is 9.23 Å². The first kappa shape index (κ1) is 6.42. The summed E-state index contributed by atoms with van der Waals surface area (Å²) in [5.74, 6) is 5.31. The quantitative estimate of drug-likeness (QED) is 0.498. The Morgan fingerprint density at radius 3 is 2.50 bits per heavy atom. The zero-order chi connectivity index (χ0) is 7.71. The Balaban J connectivity index is 1.77. The lowest BCUT2D eigenvalue weighted by atomic mass is 9.77. The smallest absolute Gasteiger partial charge is 0.0612 e. The SMILES string of the molecule is C1CC2CC1C1C3COC(C3)C21. The van der Waals surface area contributed by atoms with Crippen molar-refractivity contribution in [2.75, 3.05) is 6.61 Å². The fourth-order valence-electron chi connectivity index (χ4n) is 4.85. The largest absolute Gasteiger partial charge is 0.378 e. The van der Waals surface area contributed by atoms with E-state index in [-0.39, 0.29) is 0 Å². The van der Waals surface area contributed by atoms with Crippen LogP contribution in [-0.2, 0) is 4.74 Å². The van der Waals surface area contributed by atoms with Crippen molar-refractivity contribution in [1.29, 1.82) is 0 Å². The molecule has 12 heavy (non-hydrogen) atoms. The van der Waals surface area contributed by atoms with Gasteiger partial charge in [-0.25, -0.2) is 0 Å². The molecule has 4 aliphatic rings. The van der Waals surface area contributed by atoms with Crippen LogP contribution >= 0.6 is 0 Å². The van der Waals surface area contributed by atoms with Crippen LogP contribution in [0.3, 0.4) is 0 Å². The highest BCUT2D eigenvalue weighted by molar-refractivity contribution is 5.08. The van der Waals surface area contributed by atoms with Crippen molar-refractivity contribution in [3.05, 3.63) is 0 Å². The Labute approximate surface area is 73.5 Å². The minimum absolute atomic E-state index is 0.704. The monoisotopic (exact) mass is 164 g/mol. The van der Waals surface area contributed by atoms with Gasteiger partial charge in [0.1, 0.15) is 0 Å². The molecule has 4 bridgehead atoms. The van der Waals surface area contributed by atoms with Crippen LogP contribution in [-0.4, -0.2) is 12.7 Å². The molecule has 0 spiro atoms. The second-order valence-electron chi connectivity index (χ2n) is 5.36. The van der Waals surface area contributed by atoms with Gasteiger partial charge >= 0.3 is 0 Å². The standard InChI is InChI=1S/C11H16O/c1-2-7-3-6(1)10-8-4-9(11(7)10)12-5-8/h6-11H,1-5H2. The predicted molar refractivity (Wildman–Crippen MR) is 45.7 cm³/mol. The van der Waals surface area contributed by atoms with E-state index in [4.69, 9.17) is 4.74 Å². The summed E-state index contributed by atoms with van der Waals surface area (Å²) in [7, 11) is 0. The molecule has 0 radical (unpaired) electrons. The molecule has 1 heterocycles. The van der Waals surface area contributed by atoms with E-state index < -0.39 is 0 Å². The molecule has 6 unspecified atom stereocenters. The van der Waals surface area contributed by atoms with Crippen LogP contribution in [0.25, 0.3) is 0 Å². The molecule has 1 aliphatic heterocycles. The zero-order valence-corrected chi connectivity index (χ0v) is 7.41. The molecule has 4 fully saturated rings. The second-order valence-corrected chi connectivity index (χ2v) is 5.36. The van der Waals surface area contributed by atoms with Crippen molar-refractivity contribution in [2.45, 2.75) is 31.8 Å². The molecule has 6 atom stereocenters. The van der Waals surface area contributed by atoms with Gasteiger partial charge < -0.3 is 4.74 Å². The summed E-state index contributed by atoms with van der Waals surface area (Å²) >= 11 is 0. The van der Waals surface area contributed by atoms with Crippen molar-refractivity contribution in [1.82, 2.24) is 0 Å². The summed E-state index contributed by atoms with van der Waals surface area (Å²) in [6, 6.07) is 0. The van der Waals surface area contributed by atoms with Gasteiger partial charge in [-0.3, -0.25) is 0 Å². The van der Waals surface area contributed by atoms with Crippen molar-refractivity contribution >= 4 is 0 Å². The number of hydrogen-bond donors (Lipinski definition) is 0. The summed E-state index contributed by atoms with van der Waals surface area (Å²) in [4.78, 5) is 0. The first-order valence-corrected chi connectivity index (χ1v) is 5.55. The maximum absolute atomic E-state index is 5.82. The normalized spacial score (nSPS) is 66.0. The van der Waals surface area contributed by atoms with E-state index in [0.717, 1.165) is 36.2 Å². The van der Waals surface area contributed by atoms with Crippen molar-refractivity contribution in [3.63, 3.8) is 0 Å². The summed E-state index contributed by atoms with van der Waals surface area (Å²) in [6.07, 6.45) is 6.76. The Kier molecular flexibility index (Phi) is 1.01. The summed E-state index contributed by atoms with van der Waals surface area (Å²) in [5, 5.41) is 0. The molecular weight excluding hydrogens is 148 g/mol. The molecule has 66 valence electrons. The molecule has 4 rings (SSSR count). The van der Waals surface area contributed by atoms with Crippen LogP contribution in [0.1, 0.15) is 25.7 Å². The molecule has 1 nitrogen and oxygen atoms in total. The lowest BCUT2D eigenvalue weighted by Gasteiger charge is -2.34. The second kappa shape index (κ2) is 1.89. The molecule has 0 amide bonds. The minimum Gasteiger partial charge on any atom is -0.378 e. The zero-order valence-electron chi connectivity index (χ0n) is 7.41. The summed E-state index contributed by atoms with van der Waals surface area (Å²) in [6.45, 7) is 1.11. The third-order valence-corrected chi connectivity index (χ3v) is 5.08. The van der Waals surface area contributed by atoms with Gasteiger partial charge in [0.05, 0.1) is 12.7 Å². The van der Waals surface area contributed by atoms with E-state index in [2.05, 4.69) is 0 Å². The molecule has 0 aromatic carbocycles. The first-order chi connectivity index (χ1) is 5.93. The van der Waals surface area contributed by atoms with E-state index in [0.29, 0.717) is 6.10 Å². The van der Waals surface area contributed by atoms with Gasteiger partial charge in [-0.2, -0.15) is 0 Å². The lowest BCUT2D eigenvalue weighted by Crippen LogP contribution is -2.33. The van der Waals surface area contributed by atoms with Crippen LogP contribution in [0.4, 0.5) is 0 Å². The van der Waals surface area contributed by atoms with E-state index in [1.54, 1.807) is 12.8 Å². The Bertz CT molecular complexity index is 181. The number of hydrogen-bond acceptors (Lipinski definition) is 1. The summed E-state index contributed by atoms with van der Waals surface area (Å²) in [5.41, 5.74) is 0. The van der Waals surface area contributed by atoms with E-state index in [1.165, 1.54) is 12.8 Å². The number of rotatable bonds is 0. The third kappa shape index (κ3) is 0.555. The average Bonchev–Trinajstić information content (AvgIpc) is 2.83. The molecule has 3 saturated carbocycles. The molecule has 3 aliphatic carbocycles. The van der Waals surface area contributed by atoms with Gasteiger partial charge in [-0.05, 0) is 55.3 Å². The van der Waals surface area contributed by atoms with E-state index in [9.17, 15) is 0 Å². The van der Waals surface area contributed by atoms with Crippen molar-refractivity contribution in [3.8, 4) is 0 Å². The van der Waals surface area contributed by atoms with Gasteiger partial charge in [0.25, 0.3) is 0 Å². The van der Waals surface area contributed by atoms with Crippen molar-refractivity contribution in [2.24, 2.45) is 29.6 Å². The fraction of sp³-hybridized carbons (Fsp3) is 1.00. The van der Waals surface area contributed by atoms with Gasteiger partial charge in [-0.1, -0.05) is 0 Å². The molecule has 0 aromatic rings. The average molecular weight is 164 g/mol. The third-order valence-electron chi connectivity index (χ3n) is 5.08. The maximum Gasteiger partial charge on any atom is 0.0612 e. The van der Waals surface area contributed by atoms with Gasteiger partial charge in [0.15, 0.2) is 0 Å². The van der Waals surface area contributed by atoms with Crippen LogP contribution in [0.2, 0.25) is 0 Å². The van der Waals surface area contributed by atoms with Gasteiger partial charge in [0.2, 0.25) is 0 Å². The summed E-state index contributed by atoms with van der Waals surface area (Å²) < 4.78 is 5.82. The maximum atomic E-state index is 5.82. The van der Waals surface area contributed by atoms with Crippen LogP contribution in [0.5, 0.6) is 0 Å². The highest BCUT2D eigenvalue weighted by Crippen LogP contribution is 2.63. The molecule has 1 saturated heterocycles. The highest BCUT2D eigenvalue weighted by Gasteiger charge is 2.60. The fourth-order valence-corrected chi connectivity index (χ4v) is 4.85. The van der Waals surface area contributed by atoms with E-state index in [1.807, 2.05) is 0 Å².